The highest BCUT2D eigenvalue weighted by molar-refractivity contribution is 6.05. The summed E-state index contributed by atoms with van der Waals surface area (Å²) in [6.07, 6.45) is 1.99. The SMILES string of the molecule is COC(=O)[C@@H]1[C@H]2CO[C@]3(C)[C@H]2C=C(C)C(=O)[C@]13C. The highest BCUT2D eigenvalue weighted by Gasteiger charge is 2.75. The molecular formula is C14H18O4. The van der Waals surface area contributed by atoms with E-state index in [0.29, 0.717) is 6.61 Å². The second-order valence-corrected chi connectivity index (χ2v) is 5.99. The van der Waals surface area contributed by atoms with Gasteiger partial charge in [-0.25, -0.2) is 0 Å². The van der Waals surface area contributed by atoms with Gasteiger partial charge in [-0.1, -0.05) is 6.08 Å². The minimum atomic E-state index is -0.785. The van der Waals surface area contributed by atoms with Gasteiger partial charge in [-0.2, -0.15) is 0 Å². The van der Waals surface area contributed by atoms with E-state index in [-0.39, 0.29) is 29.5 Å². The van der Waals surface area contributed by atoms with Crippen molar-refractivity contribution in [1.82, 2.24) is 0 Å². The fraction of sp³-hybridized carbons (Fsp3) is 0.714. The predicted octanol–water partition coefficient (Wildman–Crippen LogP) is 1.35. The number of allylic oxidation sites excluding steroid dienone is 1. The lowest BCUT2D eigenvalue weighted by Crippen LogP contribution is -2.57. The number of ketones is 1. The van der Waals surface area contributed by atoms with Crippen molar-refractivity contribution >= 4 is 11.8 Å². The van der Waals surface area contributed by atoms with E-state index in [4.69, 9.17) is 9.47 Å². The first kappa shape index (κ1) is 11.9. The molecule has 98 valence electrons. The van der Waals surface area contributed by atoms with Crippen molar-refractivity contribution in [3.63, 3.8) is 0 Å². The Bertz CT molecular complexity index is 480. The molecule has 0 spiro atoms. The minimum Gasteiger partial charge on any atom is -0.469 e. The highest BCUT2D eigenvalue weighted by atomic mass is 16.5. The lowest BCUT2D eigenvalue weighted by atomic mass is 9.62. The molecule has 0 unspecified atom stereocenters. The van der Waals surface area contributed by atoms with Crippen molar-refractivity contribution in [3.8, 4) is 0 Å². The predicted molar refractivity (Wildman–Crippen MR) is 63.7 cm³/mol. The third-order valence-electron chi connectivity index (χ3n) is 5.47. The molecule has 5 atom stereocenters. The van der Waals surface area contributed by atoms with Crippen molar-refractivity contribution < 1.29 is 19.1 Å². The Labute approximate surface area is 106 Å². The molecule has 3 aliphatic rings. The topological polar surface area (TPSA) is 52.6 Å². The molecule has 1 heterocycles. The summed E-state index contributed by atoms with van der Waals surface area (Å²) in [7, 11) is 1.38. The summed E-state index contributed by atoms with van der Waals surface area (Å²) >= 11 is 0. The molecule has 0 aromatic rings. The Morgan fingerprint density at radius 2 is 2.17 bits per heavy atom. The maximum Gasteiger partial charge on any atom is 0.310 e. The van der Waals surface area contributed by atoms with Crippen LogP contribution in [-0.4, -0.2) is 31.1 Å². The molecule has 3 rings (SSSR count). The molecule has 0 N–H and O–H groups in total. The van der Waals surface area contributed by atoms with E-state index in [1.165, 1.54) is 7.11 Å². The number of hydrogen-bond acceptors (Lipinski definition) is 4. The summed E-state index contributed by atoms with van der Waals surface area (Å²) in [4.78, 5) is 24.7. The van der Waals surface area contributed by atoms with Crippen molar-refractivity contribution in [1.29, 1.82) is 0 Å². The third-order valence-corrected chi connectivity index (χ3v) is 5.47. The first-order valence-electron chi connectivity index (χ1n) is 6.33. The molecule has 0 amide bonds. The Morgan fingerprint density at radius 3 is 2.78 bits per heavy atom. The number of carbonyl (C=O) groups excluding carboxylic acids is 2. The molecule has 18 heavy (non-hydrogen) atoms. The monoisotopic (exact) mass is 250 g/mol. The average molecular weight is 250 g/mol. The zero-order valence-corrected chi connectivity index (χ0v) is 11.1. The van der Waals surface area contributed by atoms with Gasteiger partial charge < -0.3 is 9.47 Å². The van der Waals surface area contributed by atoms with Gasteiger partial charge >= 0.3 is 5.97 Å². The second kappa shape index (κ2) is 3.23. The van der Waals surface area contributed by atoms with E-state index < -0.39 is 11.0 Å². The van der Waals surface area contributed by atoms with Gasteiger partial charge in [0.1, 0.15) is 0 Å². The summed E-state index contributed by atoms with van der Waals surface area (Å²) in [6, 6.07) is 0. The van der Waals surface area contributed by atoms with Gasteiger partial charge in [0.15, 0.2) is 5.78 Å². The van der Waals surface area contributed by atoms with Crippen LogP contribution in [0.3, 0.4) is 0 Å². The maximum atomic E-state index is 12.6. The molecule has 1 aliphatic heterocycles. The lowest BCUT2D eigenvalue weighted by Gasteiger charge is -2.46. The van der Waals surface area contributed by atoms with Gasteiger partial charge in [-0.05, 0) is 26.3 Å². The van der Waals surface area contributed by atoms with E-state index in [1.807, 2.05) is 26.8 Å². The molecular weight excluding hydrogens is 232 g/mol. The number of esters is 1. The van der Waals surface area contributed by atoms with E-state index in [1.54, 1.807) is 0 Å². The van der Waals surface area contributed by atoms with Crippen LogP contribution in [0.4, 0.5) is 0 Å². The largest absolute Gasteiger partial charge is 0.469 e. The van der Waals surface area contributed by atoms with Gasteiger partial charge in [0.25, 0.3) is 0 Å². The number of ether oxygens (including phenoxy) is 2. The van der Waals surface area contributed by atoms with Crippen molar-refractivity contribution in [2.24, 2.45) is 23.2 Å². The highest BCUT2D eigenvalue weighted by Crippen LogP contribution is 2.66. The molecule has 4 nitrogen and oxygen atoms in total. The van der Waals surface area contributed by atoms with Crippen LogP contribution in [0, 0.1) is 23.2 Å². The van der Waals surface area contributed by atoms with Crippen LogP contribution in [0.25, 0.3) is 0 Å². The Balaban J connectivity index is 2.20. The van der Waals surface area contributed by atoms with E-state index in [0.717, 1.165) is 5.57 Å². The van der Waals surface area contributed by atoms with Gasteiger partial charge in [0.2, 0.25) is 0 Å². The number of carbonyl (C=O) groups is 2. The Hall–Kier alpha value is -1.16. The molecule has 0 aromatic heterocycles. The molecule has 0 radical (unpaired) electrons. The number of methoxy groups -OCH3 is 1. The van der Waals surface area contributed by atoms with E-state index in [2.05, 4.69) is 0 Å². The standard InChI is InChI=1S/C14H18O4/c1-7-5-9-8-6-18-14(9,3)13(2,11(7)15)10(8)12(16)17-4/h5,8-10H,6H2,1-4H3/t8-,9-,10-,13-,14+/m0/s1. The van der Waals surface area contributed by atoms with Gasteiger partial charge in [0, 0.05) is 11.8 Å². The first-order valence-corrected chi connectivity index (χ1v) is 6.33. The lowest BCUT2D eigenvalue weighted by molar-refractivity contribution is -0.177. The summed E-state index contributed by atoms with van der Waals surface area (Å²) in [5.41, 5.74) is -0.596. The van der Waals surface area contributed by atoms with Crippen LogP contribution in [-0.2, 0) is 19.1 Å². The Kier molecular flexibility index (Phi) is 2.14. The molecule has 2 fully saturated rings. The van der Waals surface area contributed by atoms with E-state index in [9.17, 15) is 9.59 Å². The molecule has 4 heteroatoms. The van der Waals surface area contributed by atoms with Crippen LogP contribution in [0.5, 0.6) is 0 Å². The molecule has 2 aliphatic carbocycles. The quantitative estimate of drug-likeness (QED) is 0.659. The second-order valence-electron chi connectivity index (χ2n) is 5.99. The maximum absolute atomic E-state index is 12.6. The van der Waals surface area contributed by atoms with Crippen LogP contribution in [0.1, 0.15) is 20.8 Å². The van der Waals surface area contributed by atoms with Crippen molar-refractivity contribution in [2.75, 3.05) is 13.7 Å². The van der Waals surface area contributed by atoms with Crippen LogP contribution < -0.4 is 0 Å². The molecule has 1 saturated heterocycles. The smallest absolute Gasteiger partial charge is 0.310 e. The normalized spacial score (nSPS) is 49.2. The van der Waals surface area contributed by atoms with Crippen LogP contribution in [0.2, 0.25) is 0 Å². The third kappa shape index (κ3) is 0.981. The van der Waals surface area contributed by atoms with Gasteiger partial charge in [-0.3, -0.25) is 9.59 Å². The zero-order valence-electron chi connectivity index (χ0n) is 11.1. The summed E-state index contributed by atoms with van der Waals surface area (Å²) in [5, 5.41) is 0. The summed E-state index contributed by atoms with van der Waals surface area (Å²) < 4.78 is 10.8. The molecule has 4 bridgehead atoms. The fourth-order valence-electron chi connectivity index (χ4n) is 4.36. The average Bonchev–Trinajstić information content (AvgIpc) is 2.72. The summed E-state index contributed by atoms with van der Waals surface area (Å²) in [6.45, 7) is 6.18. The number of Topliss-reactive ketones (excluding diaryl/α,β-unsaturated/α-hetero) is 1. The van der Waals surface area contributed by atoms with Crippen molar-refractivity contribution in [2.45, 2.75) is 26.4 Å². The van der Waals surface area contributed by atoms with Gasteiger partial charge in [0.05, 0.1) is 30.7 Å². The number of rotatable bonds is 1. The summed E-state index contributed by atoms with van der Waals surface area (Å²) in [5.74, 6) is -0.430. The van der Waals surface area contributed by atoms with Gasteiger partial charge in [-0.15, -0.1) is 0 Å². The van der Waals surface area contributed by atoms with Crippen molar-refractivity contribution in [3.05, 3.63) is 11.6 Å². The zero-order chi connectivity index (χ0) is 13.3. The first-order chi connectivity index (χ1) is 8.38. The molecule has 1 saturated carbocycles. The minimum absolute atomic E-state index is 0.0267. The Morgan fingerprint density at radius 1 is 1.50 bits per heavy atom. The van der Waals surface area contributed by atoms with Crippen LogP contribution >= 0.6 is 0 Å². The molecule has 0 aromatic carbocycles. The van der Waals surface area contributed by atoms with Crippen LogP contribution in [0.15, 0.2) is 11.6 Å². The fourth-order valence-corrected chi connectivity index (χ4v) is 4.36. The van der Waals surface area contributed by atoms with E-state index >= 15 is 0 Å². The number of hydrogen-bond donors (Lipinski definition) is 0.